The van der Waals surface area contributed by atoms with E-state index in [4.69, 9.17) is 0 Å². The average Bonchev–Trinajstić information content (AvgIpc) is 2.03. The minimum atomic E-state index is 1.06. The first-order valence-electron chi connectivity index (χ1n) is 4.06. The van der Waals surface area contributed by atoms with E-state index in [2.05, 4.69) is 31.7 Å². The Balaban J connectivity index is 2.78. The lowest BCUT2D eigenvalue weighted by Gasteiger charge is -2.13. The maximum atomic E-state index is 4.01. The van der Waals surface area contributed by atoms with Gasteiger partial charge >= 0.3 is 0 Å². The van der Waals surface area contributed by atoms with Crippen LogP contribution in [0, 0.1) is 0 Å². The van der Waals surface area contributed by atoms with Crippen LogP contribution in [0.5, 0.6) is 0 Å². The van der Waals surface area contributed by atoms with Gasteiger partial charge in [0.05, 0.1) is 0 Å². The normalized spacial score (nSPS) is 22.0. The summed E-state index contributed by atoms with van der Waals surface area (Å²) in [6.45, 7) is 8.16. The van der Waals surface area contributed by atoms with Crippen molar-refractivity contribution in [1.82, 2.24) is 0 Å². The van der Waals surface area contributed by atoms with E-state index in [9.17, 15) is 0 Å². The lowest BCUT2D eigenvalue weighted by molar-refractivity contribution is 1.41. The molecule has 0 amide bonds. The van der Waals surface area contributed by atoms with Gasteiger partial charge in [-0.1, -0.05) is 24.8 Å². The molecule has 1 heterocycles. The van der Waals surface area contributed by atoms with Crippen molar-refractivity contribution < 1.29 is 0 Å². The number of rotatable bonds is 1. The van der Waals surface area contributed by atoms with Crippen LogP contribution in [0.25, 0.3) is 0 Å². The standard InChI is InChI=1S/C11H14S/c1-4-5-6-11-8-12-10(3)7-9(11)2/h4-7H,2,8H2,1,3H3/b5-4-,11-6-. The summed E-state index contributed by atoms with van der Waals surface area (Å²) in [5.74, 6) is 1.06. The molecule has 0 saturated heterocycles. The number of hydrogen-bond acceptors (Lipinski definition) is 1. The van der Waals surface area contributed by atoms with E-state index in [0.29, 0.717) is 0 Å². The number of allylic oxidation sites excluding steroid dienone is 6. The molecule has 64 valence electrons. The Morgan fingerprint density at radius 1 is 1.58 bits per heavy atom. The number of hydrogen-bond donors (Lipinski definition) is 0. The van der Waals surface area contributed by atoms with Gasteiger partial charge in [0, 0.05) is 5.75 Å². The van der Waals surface area contributed by atoms with Gasteiger partial charge in [-0.25, -0.2) is 0 Å². The Hall–Kier alpha value is -0.690. The van der Waals surface area contributed by atoms with E-state index in [0.717, 1.165) is 11.3 Å². The van der Waals surface area contributed by atoms with E-state index in [1.54, 1.807) is 0 Å². The molecule has 0 bridgehead atoms. The summed E-state index contributed by atoms with van der Waals surface area (Å²) in [7, 11) is 0. The third-order valence-electron chi connectivity index (χ3n) is 1.74. The molecule has 0 saturated carbocycles. The Bertz CT molecular complexity index is 267. The van der Waals surface area contributed by atoms with E-state index in [1.165, 1.54) is 10.5 Å². The van der Waals surface area contributed by atoms with E-state index >= 15 is 0 Å². The SMILES string of the molecule is C=C1C=C(C)SC/C1=C/C=C\C. The molecule has 0 fully saturated rings. The van der Waals surface area contributed by atoms with Gasteiger partial charge in [0.15, 0.2) is 0 Å². The maximum absolute atomic E-state index is 4.01. The van der Waals surface area contributed by atoms with Crippen molar-refractivity contribution >= 4 is 11.8 Å². The summed E-state index contributed by atoms with van der Waals surface area (Å²) in [5, 5.41) is 0. The van der Waals surface area contributed by atoms with Gasteiger partial charge < -0.3 is 0 Å². The van der Waals surface area contributed by atoms with Crippen LogP contribution in [0.2, 0.25) is 0 Å². The second-order valence-corrected chi connectivity index (χ2v) is 4.01. The molecule has 0 aliphatic carbocycles. The average molecular weight is 178 g/mol. The van der Waals surface area contributed by atoms with Crippen molar-refractivity contribution in [1.29, 1.82) is 0 Å². The molecular weight excluding hydrogens is 164 g/mol. The minimum Gasteiger partial charge on any atom is -0.126 e. The lowest BCUT2D eigenvalue weighted by Crippen LogP contribution is -1.95. The van der Waals surface area contributed by atoms with Gasteiger partial charge in [0.25, 0.3) is 0 Å². The number of thioether (sulfide) groups is 1. The lowest BCUT2D eigenvalue weighted by atomic mass is 10.1. The molecule has 12 heavy (non-hydrogen) atoms. The van der Waals surface area contributed by atoms with Gasteiger partial charge in [-0.2, -0.15) is 0 Å². The largest absolute Gasteiger partial charge is 0.126 e. The van der Waals surface area contributed by atoms with E-state index in [1.807, 2.05) is 24.8 Å². The maximum Gasteiger partial charge on any atom is 0.0234 e. The summed E-state index contributed by atoms with van der Waals surface area (Å²) in [6, 6.07) is 0. The van der Waals surface area contributed by atoms with Gasteiger partial charge in [-0.3, -0.25) is 0 Å². The fourth-order valence-electron chi connectivity index (χ4n) is 1.03. The van der Waals surface area contributed by atoms with E-state index < -0.39 is 0 Å². The zero-order valence-electron chi connectivity index (χ0n) is 7.63. The van der Waals surface area contributed by atoms with E-state index in [-0.39, 0.29) is 0 Å². The zero-order valence-corrected chi connectivity index (χ0v) is 8.45. The molecule has 0 unspecified atom stereocenters. The van der Waals surface area contributed by atoms with Crippen molar-refractivity contribution in [2.24, 2.45) is 0 Å². The molecule has 1 aliphatic rings. The Morgan fingerprint density at radius 2 is 2.33 bits per heavy atom. The second-order valence-electron chi connectivity index (χ2n) is 2.79. The molecule has 0 aromatic carbocycles. The molecule has 0 atom stereocenters. The third kappa shape index (κ3) is 2.42. The highest BCUT2D eigenvalue weighted by Crippen LogP contribution is 2.29. The Kier molecular flexibility index (Phi) is 3.42. The molecule has 1 aliphatic heterocycles. The summed E-state index contributed by atoms with van der Waals surface area (Å²) in [5.41, 5.74) is 2.49. The monoisotopic (exact) mass is 178 g/mol. The fraction of sp³-hybridized carbons (Fsp3) is 0.273. The summed E-state index contributed by atoms with van der Waals surface area (Å²) in [4.78, 5) is 1.36. The van der Waals surface area contributed by atoms with Crippen LogP contribution in [0.4, 0.5) is 0 Å². The highest BCUT2D eigenvalue weighted by Gasteiger charge is 2.06. The molecule has 0 spiro atoms. The smallest absolute Gasteiger partial charge is 0.0234 e. The van der Waals surface area contributed by atoms with Crippen molar-refractivity contribution in [3.63, 3.8) is 0 Å². The van der Waals surface area contributed by atoms with Crippen molar-refractivity contribution in [2.75, 3.05) is 5.75 Å². The topological polar surface area (TPSA) is 0 Å². The summed E-state index contributed by atoms with van der Waals surface area (Å²) < 4.78 is 0. The summed E-state index contributed by atoms with van der Waals surface area (Å²) in [6.07, 6.45) is 8.38. The molecule has 0 nitrogen and oxygen atoms in total. The molecular formula is C11H14S. The van der Waals surface area contributed by atoms with Crippen molar-refractivity contribution in [3.8, 4) is 0 Å². The van der Waals surface area contributed by atoms with Crippen LogP contribution in [-0.2, 0) is 0 Å². The predicted octanol–water partition coefficient (Wildman–Crippen LogP) is 3.70. The van der Waals surface area contributed by atoms with Crippen molar-refractivity contribution in [3.05, 3.63) is 46.9 Å². The highest BCUT2D eigenvalue weighted by atomic mass is 32.2. The van der Waals surface area contributed by atoms with Crippen LogP contribution in [0.3, 0.4) is 0 Å². The minimum absolute atomic E-state index is 1.06. The molecule has 0 aromatic rings. The van der Waals surface area contributed by atoms with Crippen LogP contribution in [0.15, 0.2) is 46.9 Å². The molecule has 1 heteroatoms. The Morgan fingerprint density at radius 3 is 2.92 bits per heavy atom. The first-order valence-corrected chi connectivity index (χ1v) is 5.05. The molecule has 0 radical (unpaired) electrons. The molecule has 0 N–H and O–H groups in total. The molecule has 0 aromatic heterocycles. The zero-order chi connectivity index (χ0) is 8.97. The van der Waals surface area contributed by atoms with Gasteiger partial charge in [-0.05, 0) is 36.0 Å². The molecule has 1 rings (SSSR count). The first kappa shape index (κ1) is 9.40. The quantitative estimate of drug-likeness (QED) is 0.590. The summed E-state index contributed by atoms with van der Waals surface area (Å²) >= 11 is 1.88. The highest BCUT2D eigenvalue weighted by molar-refractivity contribution is 8.03. The van der Waals surface area contributed by atoms with Crippen LogP contribution in [-0.4, -0.2) is 5.75 Å². The van der Waals surface area contributed by atoms with Gasteiger partial charge in [0.2, 0.25) is 0 Å². The van der Waals surface area contributed by atoms with Gasteiger partial charge in [-0.15, -0.1) is 11.8 Å². The van der Waals surface area contributed by atoms with Gasteiger partial charge in [0.1, 0.15) is 0 Å². The van der Waals surface area contributed by atoms with Crippen LogP contribution >= 0.6 is 11.8 Å². The fourth-order valence-corrected chi connectivity index (χ4v) is 1.92. The first-order chi connectivity index (χ1) is 5.74. The predicted molar refractivity (Wildman–Crippen MR) is 58.3 cm³/mol. The Labute approximate surface area is 78.7 Å². The second kappa shape index (κ2) is 4.36. The van der Waals surface area contributed by atoms with Crippen LogP contribution in [0.1, 0.15) is 13.8 Å². The van der Waals surface area contributed by atoms with Crippen LogP contribution < -0.4 is 0 Å². The third-order valence-corrected chi connectivity index (χ3v) is 2.76. The van der Waals surface area contributed by atoms with Crippen molar-refractivity contribution in [2.45, 2.75) is 13.8 Å².